The quantitative estimate of drug-likeness (QED) is 0.625. The molecule has 1 aromatic carbocycles. The Morgan fingerprint density at radius 1 is 1.27 bits per heavy atom. The molecule has 0 spiro atoms. The van der Waals surface area contributed by atoms with Crippen LogP contribution in [0, 0.1) is 0 Å². The zero-order valence-corrected chi connectivity index (χ0v) is 18.0. The summed E-state index contributed by atoms with van der Waals surface area (Å²) in [7, 11) is -3.06. The highest BCUT2D eigenvalue weighted by molar-refractivity contribution is 7.91. The minimum Gasteiger partial charge on any atom is -0.357 e. The molecule has 0 aliphatic carbocycles. The predicted octanol–water partition coefficient (Wildman–Crippen LogP) is 1.71. The number of hydrogen-bond donors (Lipinski definition) is 3. The van der Waals surface area contributed by atoms with Crippen LogP contribution >= 0.6 is 0 Å². The molecule has 30 heavy (non-hydrogen) atoms. The SMILES string of the molecule is CC1(NC(=O)CCCNC(=O)N2CCc3c([nH]c4ccccc34)C2)CCS(=O)(=O)C1. The van der Waals surface area contributed by atoms with Gasteiger partial charge in [-0.15, -0.1) is 0 Å². The molecule has 0 saturated carbocycles. The van der Waals surface area contributed by atoms with Crippen molar-refractivity contribution in [3.63, 3.8) is 0 Å². The van der Waals surface area contributed by atoms with Gasteiger partial charge in [-0.3, -0.25) is 4.79 Å². The van der Waals surface area contributed by atoms with E-state index in [4.69, 9.17) is 0 Å². The molecule has 2 aliphatic heterocycles. The Hall–Kier alpha value is -2.55. The highest BCUT2D eigenvalue weighted by Crippen LogP contribution is 2.27. The Bertz CT molecular complexity index is 1080. The summed E-state index contributed by atoms with van der Waals surface area (Å²) in [5.41, 5.74) is 2.79. The van der Waals surface area contributed by atoms with Gasteiger partial charge in [0.1, 0.15) is 0 Å². The van der Waals surface area contributed by atoms with Crippen molar-refractivity contribution in [2.75, 3.05) is 24.6 Å². The summed E-state index contributed by atoms with van der Waals surface area (Å²) in [6.45, 7) is 3.38. The lowest BCUT2D eigenvalue weighted by molar-refractivity contribution is -0.122. The average Bonchev–Trinajstić information content (AvgIpc) is 3.20. The molecule has 0 bridgehead atoms. The van der Waals surface area contributed by atoms with Crippen molar-refractivity contribution in [2.45, 2.75) is 44.7 Å². The van der Waals surface area contributed by atoms with Crippen LogP contribution in [0.25, 0.3) is 10.9 Å². The second kappa shape index (κ2) is 7.94. The van der Waals surface area contributed by atoms with E-state index in [1.165, 1.54) is 10.9 Å². The fourth-order valence-corrected chi connectivity index (χ4v) is 6.52. The number of aromatic nitrogens is 1. The van der Waals surface area contributed by atoms with Crippen LogP contribution in [0.4, 0.5) is 4.79 Å². The molecule has 1 aromatic heterocycles. The molecular formula is C21H28N4O4S. The third-order valence-corrected chi connectivity index (χ3v) is 7.87. The first kappa shape index (κ1) is 20.7. The lowest BCUT2D eigenvalue weighted by atomic mass is 10.0. The van der Waals surface area contributed by atoms with E-state index in [0.717, 1.165) is 17.6 Å². The molecule has 1 saturated heterocycles. The molecule has 3 amide bonds. The van der Waals surface area contributed by atoms with Gasteiger partial charge >= 0.3 is 6.03 Å². The summed E-state index contributed by atoms with van der Waals surface area (Å²) in [6, 6.07) is 8.04. The fourth-order valence-electron chi connectivity index (χ4n) is 4.43. The molecule has 9 heteroatoms. The Morgan fingerprint density at radius 2 is 2.07 bits per heavy atom. The third-order valence-electron chi connectivity index (χ3n) is 5.97. The number of aromatic amines is 1. The first-order valence-electron chi connectivity index (χ1n) is 10.4. The van der Waals surface area contributed by atoms with Gasteiger partial charge in [0, 0.05) is 36.1 Å². The first-order chi connectivity index (χ1) is 14.2. The molecule has 3 heterocycles. The molecule has 8 nitrogen and oxygen atoms in total. The molecule has 1 fully saturated rings. The lowest BCUT2D eigenvalue weighted by Gasteiger charge is -2.27. The number of sulfone groups is 1. The van der Waals surface area contributed by atoms with Crippen LogP contribution in [0.3, 0.4) is 0 Å². The number of hydrogen-bond acceptors (Lipinski definition) is 4. The highest BCUT2D eigenvalue weighted by Gasteiger charge is 2.39. The van der Waals surface area contributed by atoms with Crippen molar-refractivity contribution < 1.29 is 18.0 Å². The molecule has 1 unspecified atom stereocenters. The van der Waals surface area contributed by atoms with Crippen molar-refractivity contribution in [1.82, 2.24) is 20.5 Å². The van der Waals surface area contributed by atoms with Crippen molar-refractivity contribution in [3.05, 3.63) is 35.5 Å². The van der Waals surface area contributed by atoms with Crippen LogP contribution < -0.4 is 10.6 Å². The molecular weight excluding hydrogens is 404 g/mol. The number of benzene rings is 1. The average molecular weight is 433 g/mol. The molecule has 0 radical (unpaired) electrons. The number of amides is 3. The Kier molecular flexibility index (Phi) is 5.48. The second-order valence-electron chi connectivity index (χ2n) is 8.59. The monoisotopic (exact) mass is 432 g/mol. The van der Waals surface area contributed by atoms with E-state index in [9.17, 15) is 18.0 Å². The largest absolute Gasteiger partial charge is 0.357 e. The molecule has 3 N–H and O–H groups in total. The molecule has 2 aliphatic rings. The predicted molar refractivity (Wildman–Crippen MR) is 115 cm³/mol. The number of nitrogens with zero attached hydrogens (tertiary/aromatic N) is 1. The van der Waals surface area contributed by atoms with Crippen LogP contribution in [0.15, 0.2) is 24.3 Å². The first-order valence-corrected chi connectivity index (χ1v) is 12.2. The summed E-state index contributed by atoms with van der Waals surface area (Å²) in [5.74, 6) is -0.0643. The number of nitrogens with one attached hydrogen (secondary N) is 3. The topological polar surface area (TPSA) is 111 Å². The van der Waals surface area contributed by atoms with Gasteiger partial charge in [-0.2, -0.15) is 0 Å². The van der Waals surface area contributed by atoms with Gasteiger partial charge in [0.2, 0.25) is 5.91 Å². The zero-order chi connectivity index (χ0) is 21.4. The van der Waals surface area contributed by atoms with Gasteiger partial charge in [-0.1, -0.05) is 18.2 Å². The Morgan fingerprint density at radius 3 is 2.83 bits per heavy atom. The number of carbonyl (C=O) groups is 2. The van der Waals surface area contributed by atoms with Crippen LogP contribution in [-0.2, 0) is 27.6 Å². The van der Waals surface area contributed by atoms with Crippen molar-refractivity contribution >= 4 is 32.7 Å². The van der Waals surface area contributed by atoms with E-state index in [1.54, 1.807) is 11.8 Å². The van der Waals surface area contributed by atoms with Crippen LogP contribution in [0.2, 0.25) is 0 Å². The summed E-state index contributed by atoms with van der Waals surface area (Å²) < 4.78 is 23.3. The van der Waals surface area contributed by atoms with E-state index in [1.807, 2.05) is 18.2 Å². The van der Waals surface area contributed by atoms with Crippen LogP contribution in [0.1, 0.15) is 37.4 Å². The van der Waals surface area contributed by atoms with Gasteiger partial charge in [-0.05, 0) is 37.8 Å². The van der Waals surface area contributed by atoms with Crippen LogP contribution in [0.5, 0.6) is 0 Å². The smallest absolute Gasteiger partial charge is 0.317 e. The molecule has 1 atom stereocenters. The number of urea groups is 1. The summed E-state index contributed by atoms with van der Waals surface area (Å²) >= 11 is 0. The van der Waals surface area contributed by atoms with Gasteiger partial charge in [-0.25, -0.2) is 13.2 Å². The highest BCUT2D eigenvalue weighted by atomic mass is 32.2. The van der Waals surface area contributed by atoms with Crippen molar-refractivity contribution in [1.29, 1.82) is 0 Å². The van der Waals surface area contributed by atoms with E-state index >= 15 is 0 Å². The second-order valence-corrected chi connectivity index (χ2v) is 10.8. The van der Waals surface area contributed by atoms with E-state index in [0.29, 0.717) is 32.5 Å². The molecule has 4 rings (SSSR count). The third kappa shape index (κ3) is 4.45. The van der Waals surface area contributed by atoms with E-state index in [-0.39, 0.29) is 29.9 Å². The zero-order valence-electron chi connectivity index (χ0n) is 17.2. The van der Waals surface area contributed by atoms with Gasteiger partial charge in [0.25, 0.3) is 0 Å². The summed E-state index contributed by atoms with van der Waals surface area (Å²) in [5, 5.41) is 6.95. The maximum absolute atomic E-state index is 12.5. The maximum atomic E-state index is 12.5. The normalized spacial score (nSPS) is 22.6. The van der Waals surface area contributed by atoms with Crippen molar-refractivity contribution in [3.8, 4) is 0 Å². The number of carbonyl (C=O) groups excluding carboxylic acids is 2. The minimum absolute atomic E-state index is 0.00677. The Balaban J connectivity index is 1.21. The lowest BCUT2D eigenvalue weighted by Crippen LogP contribution is -2.47. The maximum Gasteiger partial charge on any atom is 0.317 e. The standard InChI is InChI=1S/C21H28N4O4S/c1-21(9-12-30(28,29)14-21)24-19(26)7-4-10-22-20(27)25-11-8-16-15-5-2-3-6-17(15)23-18(16)13-25/h2-3,5-6,23H,4,7-14H2,1H3,(H,22,27)(H,24,26). The fraction of sp³-hybridized carbons (Fsp3) is 0.524. The number of para-hydroxylation sites is 1. The molecule has 2 aromatic rings. The minimum atomic E-state index is -3.06. The summed E-state index contributed by atoms with van der Waals surface area (Å²) in [6.07, 6.45) is 2.02. The van der Waals surface area contributed by atoms with Crippen molar-refractivity contribution in [2.24, 2.45) is 0 Å². The van der Waals surface area contributed by atoms with Crippen LogP contribution in [-0.4, -0.2) is 60.4 Å². The number of fused-ring (bicyclic) bond motifs is 3. The van der Waals surface area contributed by atoms with Gasteiger partial charge in [0.15, 0.2) is 9.84 Å². The van der Waals surface area contributed by atoms with Gasteiger partial charge < -0.3 is 20.5 Å². The van der Waals surface area contributed by atoms with E-state index < -0.39 is 15.4 Å². The Labute approximate surface area is 176 Å². The summed E-state index contributed by atoms with van der Waals surface area (Å²) in [4.78, 5) is 29.8. The van der Waals surface area contributed by atoms with Gasteiger partial charge in [0.05, 0.1) is 23.6 Å². The number of H-pyrrole nitrogens is 1. The van der Waals surface area contributed by atoms with E-state index in [2.05, 4.69) is 21.7 Å². The number of rotatable bonds is 5. The molecule has 162 valence electrons.